The van der Waals surface area contributed by atoms with Crippen LogP contribution in [0.1, 0.15) is 51.3 Å². The van der Waals surface area contributed by atoms with Gasteiger partial charge in [-0.2, -0.15) is 0 Å². The normalized spacial score (nSPS) is 36.0. The SMILES string of the molecule is CO[C@@H]1[C@H](OC(=O)N2CC(=Cc3ccc(C)nc3)C2)CC[C@]2(CO2)[C@H]1[C@@]1(C)O[C@@H]1CC=C(C)C. The Balaban J connectivity index is 1.22. The molecule has 0 radical (unpaired) electrons. The average molecular weight is 469 g/mol. The Morgan fingerprint density at radius 2 is 2.09 bits per heavy atom. The van der Waals surface area contributed by atoms with E-state index in [-0.39, 0.29) is 41.5 Å². The first-order valence-corrected chi connectivity index (χ1v) is 12.3. The van der Waals surface area contributed by atoms with Crippen molar-refractivity contribution in [3.05, 3.63) is 46.8 Å². The van der Waals surface area contributed by atoms with Crippen molar-refractivity contribution in [3.8, 4) is 0 Å². The number of hydrogen-bond donors (Lipinski definition) is 0. The first kappa shape index (κ1) is 23.5. The minimum absolute atomic E-state index is 0.0352. The Labute approximate surface area is 202 Å². The third-order valence-electron chi connectivity index (χ3n) is 7.84. The van der Waals surface area contributed by atoms with Crippen LogP contribution in [0.3, 0.4) is 0 Å². The van der Waals surface area contributed by atoms with Crippen LogP contribution in [0.4, 0.5) is 4.79 Å². The van der Waals surface area contributed by atoms with Crippen molar-refractivity contribution in [1.82, 2.24) is 9.88 Å². The highest BCUT2D eigenvalue weighted by Gasteiger charge is 2.72. The molecule has 7 nitrogen and oxygen atoms in total. The fourth-order valence-electron chi connectivity index (χ4n) is 5.74. The predicted octanol–water partition coefficient (Wildman–Crippen LogP) is 4.30. The fourth-order valence-corrected chi connectivity index (χ4v) is 5.74. The summed E-state index contributed by atoms with van der Waals surface area (Å²) < 4.78 is 24.2. The number of ether oxygens (including phenoxy) is 4. The molecule has 0 N–H and O–H groups in total. The molecule has 0 unspecified atom stereocenters. The van der Waals surface area contributed by atoms with Gasteiger partial charge in [-0.15, -0.1) is 0 Å². The number of amides is 1. The first-order chi connectivity index (χ1) is 16.2. The van der Waals surface area contributed by atoms with Crippen LogP contribution in [-0.4, -0.2) is 72.3 Å². The van der Waals surface area contributed by atoms with Gasteiger partial charge in [-0.25, -0.2) is 4.79 Å². The quantitative estimate of drug-likeness (QED) is 0.458. The number of carbonyl (C=O) groups excluding carboxylic acids is 1. The lowest BCUT2D eigenvalue weighted by Crippen LogP contribution is -2.57. The molecule has 1 amide bonds. The van der Waals surface area contributed by atoms with E-state index in [9.17, 15) is 4.79 Å². The zero-order chi connectivity index (χ0) is 24.1. The van der Waals surface area contributed by atoms with Gasteiger partial charge in [0.15, 0.2) is 0 Å². The molecule has 184 valence electrons. The highest BCUT2D eigenvalue weighted by atomic mass is 16.6. The van der Waals surface area contributed by atoms with Crippen LogP contribution < -0.4 is 0 Å². The van der Waals surface area contributed by atoms with E-state index in [1.807, 2.05) is 25.3 Å². The van der Waals surface area contributed by atoms with Gasteiger partial charge in [0.05, 0.1) is 18.6 Å². The number of rotatable bonds is 6. The van der Waals surface area contributed by atoms with Crippen molar-refractivity contribution in [1.29, 1.82) is 0 Å². The van der Waals surface area contributed by atoms with Crippen molar-refractivity contribution < 1.29 is 23.7 Å². The zero-order valence-electron chi connectivity index (χ0n) is 20.9. The monoisotopic (exact) mass is 468 g/mol. The van der Waals surface area contributed by atoms with Gasteiger partial charge in [0.1, 0.15) is 23.4 Å². The van der Waals surface area contributed by atoms with Gasteiger partial charge < -0.3 is 23.8 Å². The van der Waals surface area contributed by atoms with Gasteiger partial charge >= 0.3 is 6.09 Å². The Morgan fingerprint density at radius 1 is 1.32 bits per heavy atom. The summed E-state index contributed by atoms with van der Waals surface area (Å²) in [6, 6.07) is 4.04. The molecular weight excluding hydrogens is 432 g/mol. The first-order valence-electron chi connectivity index (χ1n) is 12.3. The summed E-state index contributed by atoms with van der Waals surface area (Å²) in [6.07, 6.45) is 7.95. The second-order valence-corrected chi connectivity index (χ2v) is 10.7. The molecule has 4 fully saturated rings. The molecule has 4 aliphatic rings. The highest BCUT2D eigenvalue weighted by Crippen LogP contribution is 2.59. The highest BCUT2D eigenvalue weighted by molar-refractivity contribution is 5.72. The lowest BCUT2D eigenvalue weighted by atomic mass is 9.68. The summed E-state index contributed by atoms with van der Waals surface area (Å²) in [5.74, 6) is 0.0352. The van der Waals surface area contributed by atoms with Gasteiger partial charge in [0, 0.05) is 32.1 Å². The molecular formula is C27H36N2O5. The number of aromatic nitrogens is 1. The second-order valence-electron chi connectivity index (χ2n) is 10.7. The van der Waals surface area contributed by atoms with E-state index in [0.29, 0.717) is 13.1 Å². The van der Waals surface area contributed by atoms with Crippen molar-refractivity contribution in [2.75, 3.05) is 26.8 Å². The van der Waals surface area contributed by atoms with Crippen LogP contribution in [-0.2, 0) is 18.9 Å². The molecule has 1 aliphatic carbocycles. The molecule has 6 atom stereocenters. The van der Waals surface area contributed by atoms with E-state index in [1.165, 1.54) is 11.1 Å². The van der Waals surface area contributed by atoms with Gasteiger partial charge in [-0.05, 0) is 64.2 Å². The summed E-state index contributed by atoms with van der Waals surface area (Å²) in [5.41, 5.74) is 3.98. The number of hydrogen-bond acceptors (Lipinski definition) is 6. The van der Waals surface area contributed by atoms with Crippen LogP contribution in [0, 0.1) is 12.8 Å². The molecule has 4 heterocycles. The maximum atomic E-state index is 12.9. The number of allylic oxidation sites excluding steroid dienone is 1. The summed E-state index contributed by atoms with van der Waals surface area (Å²) >= 11 is 0. The van der Waals surface area contributed by atoms with E-state index in [1.54, 1.807) is 12.0 Å². The standard InChI is InChI=1S/C27H36N2O5/c1-17(2)6-9-22-26(4,34-22)24-23(31-5)21(10-11-27(24)16-32-27)33-25(30)29-14-20(15-29)12-19-8-7-18(3)28-13-19/h6-8,12-13,21-24H,9-11,14-16H2,1-5H3/t21-,22-,23-,24-,26+,27+/m1/s1. The van der Waals surface area contributed by atoms with E-state index in [2.05, 4.69) is 37.9 Å². The number of nitrogens with zero attached hydrogens (tertiary/aromatic N) is 2. The van der Waals surface area contributed by atoms with Crippen LogP contribution in [0.2, 0.25) is 0 Å². The van der Waals surface area contributed by atoms with Crippen molar-refractivity contribution in [3.63, 3.8) is 0 Å². The number of carbonyl (C=O) groups is 1. The largest absolute Gasteiger partial charge is 0.443 e. The Morgan fingerprint density at radius 3 is 2.71 bits per heavy atom. The topological polar surface area (TPSA) is 76.7 Å². The molecule has 34 heavy (non-hydrogen) atoms. The molecule has 1 aromatic rings. The fraction of sp³-hybridized carbons (Fsp3) is 0.630. The number of methoxy groups -OCH3 is 1. The molecule has 0 aromatic carbocycles. The number of likely N-dealkylation sites (tertiary alicyclic amines) is 1. The van der Waals surface area contributed by atoms with Crippen LogP contribution in [0.15, 0.2) is 35.6 Å². The summed E-state index contributed by atoms with van der Waals surface area (Å²) in [4.78, 5) is 19.0. The predicted molar refractivity (Wildman–Crippen MR) is 128 cm³/mol. The van der Waals surface area contributed by atoms with E-state index >= 15 is 0 Å². The molecule has 7 heteroatoms. The molecule has 3 saturated heterocycles. The van der Waals surface area contributed by atoms with Gasteiger partial charge in [0.2, 0.25) is 0 Å². The Bertz CT molecular complexity index is 987. The van der Waals surface area contributed by atoms with E-state index in [4.69, 9.17) is 18.9 Å². The average Bonchev–Trinajstić information content (AvgIpc) is 3.68. The van der Waals surface area contributed by atoms with Gasteiger partial charge in [-0.1, -0.05) is 23.8 Å². The van der Waals surface area contributed by atoms with Crippen molar-refractivity contribution in [2.45, 2.75) is 76.5 Å². The lowest BCUT2D eigenvalue weighted by Gasteiger charge is -2.43. The number of aryl methyl sites for hydroxylation is 1. The van der Waals surface area contributed by atoms with E-state index < -0.39 is 0 Å². The molecule has 1 spiro atoms. The maximum Gasteiger partial charge on any atom is 0.410 e. The Kier molecular flexibility index (Phi) is 6.07. The zero-order valence-corrected chi connectivity index (χ0v) is 20.9. The summed E-state index contributed by atoms with van der Waals surface area (Å²) in [7, 11) is 1.71. The van der Waals surface area contributed by atoms with E-state index in [0.717, 1.165) is 37.1 Å². The molecule has 3 aliphatic heterocycles. The maximum absolute atomic E-state index is 12.9. The van der Waals surface area contributed by atoms with Crippen molar-refractivity contribution >= 4 is 12.2 Å². The number of pyridine rings is 1. The molecule has 5 rings (SSSR count). The third-order valence-corrected chi connectivity index (χ3v) is 7.84. The second kappa shape index (κ2) is 8.77. The summed E-state index contributed by atoms with van der Waals surface area (Å²) in [5, 5.41) is 0. The van der Waals surface area contributed by atoms with Crippen LogP contribution >= 0.6 is 0 Å². The third kappa shape index (κ3) is 4.41. The summed E-state index contributed by atoms with van der Waals surface area (Å²) in [6.45, 7) is 10.2. The minimum Gasteiger partial charge on any atom is -0.443 e. The lowest BCUT2D eigenvalue weighted by molar-refractivity contribution is -0.122. The molecule has 1 aromatic heterocycles. The van der Waals surface area contributed by atoms with Crippen molar-refractivity contribution in [2.24, 2.45) is 5.92 Å². The van der Waals surface area contributed by atoms with Gasteiger partial charge in [-0.3, -0.25) is 4.98 Å². The van der Waals surface area contributed by atoms with Crippen LogP contribution in [0.5, 0.6) is 0 Å². The van der Waals surface area contributed by atoms with Gasteiger partial charge in [0.25, 0.3) is 0 Å². The molecule has 0 bridgehead atoms. The number of epoxide rings is 2. The smallest absolute Gasteiger partial charge is 0.410 e. The Hall–Kier alpha value is -2.22. The minimum atomic E-state index is -0.330. The molecule has 1 saturated carbocycles. The van der Waals surface area contributed by atoms with Crippen LogP contribution in [0.25, 0.3) is 6.08 Å².